The quantitative estimate of drug-likeness (QED) is 0.860. The summed E-state index contributed by atoms with van der Waals surface area (Å²) in [4.78, 5) is 27.8. The zero-order chi connectivity index (χ0) is 16.4. The van der Waals surface area contributed by atoms with Crippen molar-refractivity contribution >= 4 is 35.1 Å². The number of thioether (sulfide) groups is 1. The fraction of sp³-hybridized carbons (Fsp3) is 0.529. The third-order valence-electron chi connectivity index (χ3n) is 4.33. The second kappa shape index (κ2) is 6.83. The first-order valence-electron chi connectivity index (χ1n) is 8.09. The molecule has 1 atom stereocenters. The van der Waals surface area contributed by atoms with Gasteiger partial charge in [-0.25, -0.2) is 4.79 Å². The van der Waals surface area contributed by atoms with Gasteiger partial charge in [0.15, 0.2) is 0 Å². The van der Waals surface area contributed by atoms with E-state index in [9.17, 15) is 9.59 Å². The van der Waals surface area contributed by atoms with Crippen LogP contribution >= 0.6 is 11.8 Å². The standard InChI is InChI=1S/C17H23N3O2S/c1-12-10-19(7-8-23-11-12)17(22)18-15-3-4-16-14(9-15)5-6-20(16)13(2)21/h3-4,9,12H,5-8,10-11H2,1-2H3,(H,18,22). The molecule has 3 amide bonds. The van der Waals surface area contributed by atoms with Crippen molar-refractivity contribution < 1.29 is 9.59 Å². The number of anilines is 2. The number of carbonyl (C=O) groups excluding carboxylic acids is 2. The zero-order valence-electron chi connectivity index (χ0n) is 13.7. The molecule has 0 radical (unpaired) electrons. The molecule has 1 fully saturated rings. The minimum atomic E-state index is -0.0271. The summed E-state index contributed by atoms with van der Waals surface area (Å²) in [7, 11) is 0. The molecular formula is C17H23N3O2S. The molecule has 5 nitrogen and oxygen atoms in total. The molecule has 23 heavy (non-hydrogen) atoms. The Balaban J connectivity index is 1.69. The Morgan fingerprint density at radius 1 is 1.30 bits per heavy atom. The van der Waals surface area contributed by atoms with E-state index in [1.807, 2.05) is 34.9 Å². The maximum absolute atomic E-state index is 12.5. The maximum Gasteiger partial charge on any atom is 0.321 e. The van der Waals surface area contributed by atoms with Gasteiger partial charge < -0.3 is 15.1 Å². The largest absolute Gasteiger partial charge is 0.323 e. The smallest absolute Gasteiger partial charge is 0.321 e. The molecule has 2 aliphatic rings. The van der Waals surface area contributed by atoms with Crippen LogP contribution in [0.2, 0.25) is 0 Å². The molecule has 0 saturated carbocycles. The summed E-state index contributed by atoms with van der Waals surface area (Å²) in [6, 6.07) is 5.78. The van der Waals surface area contributed by atoms with Crippen molar-refractivity contribution in [2.45, 2.75) is 20.3 Å². The lowest BCUT2D eigenvalue weighted by Crippen LogP contribution is -2.38. The van der Waals surface area contributed by atoms with Gasteiger partial charge in [-0.05, 0) is 41.9 Å². The van der Waals surface area contributed by atoms with E-state index in [2.05, 4.69) is 12.2 Å². The summed E-state index contributed by atoms with van der Waals surface area (Å²) < 4.78 is 0. The van der Waals surface area contributed by atoms with Crippen LogP contribution in [-0.2, 0) is 11.2 Å². The van der Waals surface area contributed by atoms with E-state index in [1.165, 1.54) is 0 Å². The molecule has 1 aromatic rings. The van der Waals surface area contributed by atoms with Gasteiger partial charge in [-0.2, -0.15) is 11.8 Å². The molecular weight excluding hydrogens is 310 g/mol. The van der Waals surface area contributed by atoms with Gasteiger partial charge in [0.1, 0.15) is 0 Å². The Morgan fingerprint density at radius 2 is 2.13 bits per heavy atom. The van der Waals surface area contributed by atoms with Crippen LogP contribution < -0.4 is 10.2 Å². The summed E-state index contributed by atoms with van der Waals surface area (Å²) in [6.07, 6.45) is 0.843. The Morgan fingerprint density at radius 3 is 2.91 bits per heavy atom. The molecule has 3 rings (SSSR count). The average Bonchev–Trinajstić information content (AvgIpc) is 2.81. The number of carbonyl (C=O) groups is 2. The van der Waals surface area contributed by atoms with Crippen LogP contribution in [0.5, 0.6) is 0 Å². The molecule has 1 saturated heterocycles. The van der Waals surface area contributed by atoms with Crippen LogP contribution in [0, 0.1) is 5.92 Å². The van der Waals surface area contributed by atoms with Crippen LogP contribution in [-0.4, -0.2) is 48.0 Å². The molecule has 2 heterocycles. The van der Waals surface area contributed by atoms with Crippen molar-refractivity contribution in [2.75, 3.05) is 41.4 Å². The predicted molar refractivity (Wildman–Crippen MR) is 95.3 cm³/mol. The number of benzene rings is 1. The van der Waals surface area contributed by atoms with Crippen molar-refractivity contribution in [3.63, 3.8) is 0 Å². The number of amides is 3. The van der Waals surface area contributed by atoms with Crippen molar-refractivity contribution in [1.82, 2.24) is 4.90 Å². The maximum atomic E-state index is 12.5. The number of nitrogens with zero attached hydrogens (tertiary/aromatic N) is 2. The highest BCUT2D eigenvalue weighted by molar-refractivity contribution is 7.99. The molecule has 0 aromatic heterocycles. The van der Waals surface area contributed by atoms with Crippen LogP contribution in [0.1, 0.15) is 19.4 Å². The van der Waals surface area contributed by atoms with Gasteiger partial charge in [-0.1, -0.05) is 6.92 Å². The average molecular weight is 333 g/mol. The van der Waals surface area contributed by atoms with E-state index in [4.69, 9.17) is 0 Å². The van der Waals surface area contributed by atoms with Crippen LogP contribution in [0.4, 0.5) is 16.2 Å². The highest BCUT2D eigenvalue weighted by Crippen LogP contribution is 2.30. The number of urea groups is 1. The summed E-state index contributed by atoms with van der Waals surface area (Å²) in [5.74, 6) is 2.70. The highest BCUT2D eigenvalue weighted by atomic mass is 32.2. The van der Waals surface area contributed by atoms with Crippen molar-refractivity contribution in [1.29, 1.82) is 0 Å². The molecule has 1 unspecified atom stereocenters. The summed E-state index contributed by atoms with van der Waals surface area (Å²) >= 11 is 1.91. The van der Waals surface area contributed by atoms with Gasteiger partial charge in [0.2, 0.25) is 5.91 Å². The highest BCUT2D eigenvalue weighted by Gasteiger charge is 2.23. The SMILES string of the molecule is CC(=O)N1CCc2cc(NC(=O)N3CCSCC(C)C3)ccc21. The second-order valence-corrected chi connectivity index (χ2v) is 7.47. The normalized spacial score (nSPS) is 20.9. The summed E-state index contributed by atoms with van der Waals surface area (Å²) in [6.45, 7) is 6.10. The monoisotopic (exact) mass is 333 g/mol. The first-order valence-corrected chi connectivity index (χ1v) is 9.25. The minimum absolute atomic E-state index is 0.0271. The van der Waals surface area contributed by atoms with E-state index < -0.39 is 0 Å². The minimum Gasteiger partial charge on any atom is -0.323 e. The number of nitrogens with one attached hydrogen (secondary N) is 1. The number of rotatable bonds is 1. The summed E-state index contributed by atoms with van der Waals surface area (Å²) in [5, 5.41) is 3.01. The molecule has 0 spiro atoms. The lowest BCUT2D eigenvalue weighted by atomic mass is 10.1. The first-order chi connectivity index (χ1) is 11.0. The van der Waals surface area contributed by atoms with Gasteiger partial charge >= 0.3 is 6.03 Å². The Kier molecular flexibility index (Phi) is 4.80. The third-order valence-corrected chi connectivity index (χ3v) is 5.61. The number of hydrogen-bond acceptors (Lipinski definition) is 3. The lowest BCUT2D eigenvalue weighted by Gasteiger charge is -2.23. The van der Waals surface area contributed by atoms with E-state index in [-0.39, 0.29) is 11.9 Å². The molecule has 124 valence electrons. The topological polar surface area (TPSA) is 52.7 Å². The van der Waals surface area contributed by atoms with E-state index in [1.54, 1.807) is 11.8 Å². The van der Waals surface area contributed by atoms with Gasteiger partial charge in [-0.15, -0.1) is 0 Å². The Hall–Kier alpha value is -1.69. The van der Waals surface area contributed by atoms with Gasteiger partial charge in [0, 0.05) is 43.7 Å². The van der Waals surface area contributed by atoms with Gasteiger partial charge in [0.05, 0.1) is 0 Å². The first kappa shape index (κ1) is 16.2. The fourth-order valence-electron chi connectivity index (χ4n) is 3.17. The number of fused-ring (bicyclic) bond motifs is 1. The van der Waals surface area contributed by atoms with Crippen LogP contribution in [0.15, 0.2) is 18.2 Å². The molecule has 1 aromatic carbocycles. The van der Waals surface area contributed by atoms with Gasteiger partial charge in [-0.3, -0.25) is 4.79 Å². The van der Waals surface area contributed by atoms with Crippen molar-refractivity contribution in [3.05, 3.63) is 23.8 Å². The van der Waals surface area contributed by atoms with E-state index in [0.29, 0.717) is 5.92 Å². The molecule has 0 aliphatic carbocycles. The van der Waals surface area contributed by atoms with E-state index >= 15 is 0 Å². The molecule has 1 N–H and O–H groups in total. The van der Waals surface area contributed by atoms with Crippen molar-refractivity contribution in [3.8, 4) is 0 Å². The van der Waals surface area contributed by atoms with Crippen molar-refractivity contribution in [2.24, 2.45) is 5.92 Å². The molecule has 6 heteroatoms. The van der Waals surface area contributed by atoms with Crippen LogP contribution in [0.3, 0.4) is 0 Å². The number of hydrogen-bond donors (Lipinski definition) is 1. The van der Waals surface area contributed by atoms with E-state index in [0.717, 1.165) is 54.5 Å². The second-order valence-electron chi connectivity index (χ2n) is 6.32. The lowest BCUT2D eigenvalue weighted by molar-refractivity contribution is -0.116. The molecule has 2 aliphatic heterocycles. The third kappa shape index (κ3) is 3.63. The van der Waals surface area contributed by atoms with Gasteiger partial charge in [0.25, 0.3) is 0 Å². The fourth-order valence-corrected chi connectivity index (χ4v) is 4.20. The Labute approximate surface area is 141 Å². The van der Waals surface area contributed by atoms with Crippen LogP contribution in [0.25, 0.3) is 0 Å². The summed E-state index contributed by atoms with van der Waals surface area (Å²) in [5.41, 5.74) is 2.90. The predicted octanol–water partition coefficient (Wildman–Crippen LogP) is 2.81. The Bertz CT molecular complexity index is 620. The molecule has 0 bridgehead atoms. The zero-order valence-corrected chi connectivity index (χ0v) is 14.5.